The predicted octanol–water partition coefficient (Wildman–Crippen LogP) is 2.85. The van der Waals surface area contributed by atoms with Gasteiger partial charge in [0, 0.05) is 5.02 Å². The Bertz CT molecular complexity index is 793. The number of phenols is 1. The van der Waals surface area contributed by atoms with E-state index in [1.807, 2.05) is 0 Å². The third-order valence-corrected chi connectivity index (χ3v) is 3.76. The quantitative estimate of drug-likeness (QED) is 0.847. The molecule has 1 aliphatic rings. The molecule has 7 heteroatoms. The molecule has 1 unspecified atom stereocenters. The molecule has 1 saturated heterocycles. The molecule has 1 atom stereocenters. The number of imide groups is 1. The van der Waals surface area contributed by atoms with Crippen LogP contribution >= 0.6 is 11.6 Å². The number of carbonyl (C=O) groups is 2. The van der Waals surface area contributed by atoms with Gasteiger partial charge in [0.1, 0.15) is 17.5 Å². The summed E-state index contributed by atoms with van der Waals surface area (Å²) in [7, 11) is 1.44. The maximum Gasteiger partial charge on any atom is 0.329 e. The lowest BCUT2D eigenvalue weighted by Gasteiger charge is -2.17. The molecule has 0 aromatic heterocycles. The lowest BCUT2D eigenvalue weighted by atomic mass is 10.1. The fourth-order valence-electron chi connectivity index (χ4n) is 2.48. The number of aromatic hydroxyl groups is 1. The Kier molecular flexibility index (Phi) is 3.83. The number of hydrogen-bond donors (Lipinski definition) is 2. The van der Waals surface area contributed by atoms with Crippen LogP contribution in [0.2, 0.25) is 5.02 Å². The van der Waals surface area contributed by atoms with Gasteiger partial charge in [-0.05, 0) is 35.9 Å². The van der Waals surface area contributed by atoms with Gasteiger partial charge in [0.2, 0.25) is 0 Å². The molecule has 2 aromatic rings. The van der Waals surface area contributed by atoms with Gasteiger partial charge in [0.05, 0.1) is 12.8 Å². The van der Waals surface area contributed by atoms with Gasteiger partial charge in [-0.3, -0.25) is 4.79 Å². The highest BCUT2D eigenvalue weighted by molar-refractivity contribution is 6.31. The molecule has 3 rings (SSSR count). The molecule has 1 fully saturated rings. The number of rotatable bonds is 3. The van der Waals surface area contributed by atoms with Gasteiger partial charge in [0.25, 0.3) is 5.91 Å². The summed E-state index contributed by atoms with van der Waals surface area (Å²) in [5.74, 6) is -0.0982. The van der Waals surface area contributed by atoms with E-state index in [0.717, 1.165) is 4.90 Å². The van der Waals surface area contributed by atoms with Crippen LogP contribution in [0.1, 0.15) is 11.6 Å². The Morgan fingerprint density at radius 3 is 2.70 bits per heavy atom. The Morgan fingerprint density at radius 2 is 2.00 bits per heavy atom. The number of phenolic OH excluding ortho intramolecular Hbond substituents is 1. The fraction of sp³-hybridized carbons (Fsp3) is 0.125. The lowest BCUT2D eigenvalue weighted by Crippen LogP contribution is -2.31. The third kappa shape index (κ3) is 2.68. The van der Waals surface area contributed by atoms with Crippen molar-refractivity contribution < 1.29 is 19.4 Å². The van der Waals surface area contributed by atoms with E-state index < -0.39 is 18.0 Å². The zero-order chi connectivity index (χ0) is 16.6. The number of halogens is 1. The van der Waals surface area contributed by atoms with Gasteiger partial charge in [-0.15, -0.1) is 0 Å². The number of anilines is 1. The Labute approximate surface area is 137 Å². The fourth-order valence-corrected chi connectivity index (χ4v) is 2.64. The van der Waals surface area contributed by atoms with Crippen LogP contribution in [0, 0.1) is 0 Å². The SMILES string of the molecule is COc1ccc(Cl)cc1N1C(=O)NC(c2cccc(O)c2)C1=O. The lowest BCUT2D eigenvalue weighted by molar-refractivity contribution is -0.118. The molecule has 0 spiro atoms. The number of methoxy groups -OCH3 is 1. The molecular weight excluding hydrogens is 320 g/mol. The topological polar surface area (TPSA) is 78.9 Å². The third-order valence-electron chi connectivity index (χ3n) is 3.52. The maximum atomic E-state index is 12.7. The Hall–Kier alpha value is -2.73. The van der Waals surface area contributed by atoms with Gasteiger partial charge in [-0.2, -0.15) is 0 Å². The first-order valence-electron chi connectivity index (χ1n) is 6.78. The van der Waals surface area contributed by atoms with Crippen LogP contribution in [0.25, 0.3) is 0 Å². The van der Waals surface area contributed by atoms with E-state index in [9.17, 15) is 14.7 Å². The van der Waals surface area contributed by atoms with Crippen LogP contribution in [-0.2, 0) is 4.79 Å². The van der Waals surface area contributed by atoms with Gasteiger partial charge in [-0.25, -0.2) is 9.69 Å². The summed E-state index contributed by atoms with van der Waals surface area (Å²) in [6.45, 7) is 0. The second-order valence-corrected chi connectivity index (χ2v) is 5.40. The Balaban J connectivity index is 2.01. The average molecular weight is 333 g/mol. The smallest absolute Gasteiger partial charge is 0.329 e. The van der Waals surface area contributed by atoms with Crippen molar-refractivity contribution in [2.24, 2.45) is 0 Å². The number of amides is 3. The van der Waals surface area contributed by atoms with Gasteiger partial charge < -0.3 is 15.2 Å². The summed E-state index contributed by atoms with van der Waals surface area (Å²) in [5, 5.41) is 12.5. The highest BCUT2D eigenvalue weighted by atomic mass is 35.5. The maximum absolute atomic E-state index is 12.7. The van der Waals surface area contributed by atoms with Crippen molar-refractivity contribution in [2.75, 3.05) is 12.0 Å². The highest BCUT2D eigenvalue weighted by Gasteiger charge is 2.41. The molecule has 3 amide bonds. The van der Waals surface area contributed by atoms with Crippen LogP contribution < -0.4 is 15.0 Å². The number of ether oxygens (including phenoxy) is 1. The van der Waals surface area contributed by atoms with Crippen molar-refractivity contribution in [3.63, 3.8) is 0 Å². The molecule has 1 heterocycles. The van der Waals surface area contributed by atoms with Crippen molar-refractivity contribution in [2.45, 2.75) is 6.04 Å². The molecule has 118 valence electrons. The zero-order valence-electron chi connectivity index (χ0n) is 12.1. The van der Waals surface area contributed by atoms with Crippen LogP contribution in [0.15, 0.2) is 42.5 Å². The molecule has 2 N–H and O–H groups in total. The molecular formula is C16H13ClN2O4. The van der Waals surface area contributed by atoms with E-state index in [-0.39, 0.29) is 11.4 Å². The number of nitrogens with one attached hydrogen (secondary N) is 1. The van der Waals surface area contributed by atoms with Crippen LogP contribution in [0.5, 0.6) is 11.5 Å². The molecule has 1 aliphatic heterocycles. The van der Waals surface area contributed by atoms with E-state index in [1.54, 1.807) is 24.3 Å². The minimum Gasteiger partial charge on any atom is -0.508 e. The molecule has 23 heavy (non-hydrogen) atoms. The molecule has 0 bridgehead atoms. The van der Waals surface area contributed by atoms with Crippen molar-refractivity contribution in [3.8, 4) is 11.5 Å². The summed E-state index contributed by atoms with van der Waals surface area (Å²) >= 11 is 5.96. The molecule has 2 aromatic carbocycles. The number of urea groups is 1. The number of hydrogen-bond acceptors (Lipinski definition) is 4. The monoisotopic (exact) mass is 332 g/mol. The molecule has 6 nitrogen and oxygen atoms in total. The highest BCUT2D eigenvalue weighted by Crippen LogP contribution is 2.36. The second kappa shape index (κ2) is 5.81. The Morgan fingerprint density at radius 1 is 1.22 bits per heavy atom. The number of carbonyl (C=O) groups excluding carboxylic acids is 2. The molecule has 0 radical (unpaired) electrons. The van der Waals surface area contributed by atoms with Crippen LogP contribution in [0.4, 0.5) is 10.5 Å². The van der Waals surface area contributed by atoms with Crippen LogP contribution in [-0.4, -0.2) is 24.2 Å². The standard InChI is InChI=1S/C16H13ClN2O4/c1-23-13-6-5-10(17)8-12(13)19-15(21)14(18-16(19)22)9-3-2-4-11(20)7-9/h2-8,14,20H,1H3,(H,18,22). The van der Waals surface area contributed by atoms with Gasteiger partial charge in [-0.1, -0.05) is 23.7 Å². The first-order chi connectivity index (χ1) is 11.0. The van der Waals surface area contributed by atoms with Crippen molar-refractivity contribution in [1.29, 1.82) is 0 Å². The van der Waals surface area contributed by atoms with Crippen molar-refractivity contribution in [3.05, 3.63) is 53.1 Å². The number of nitrogens with zero attached hydrogens (tertiary/aromatic N) is 1. The summed E-state index contributed by atoms with van der Waals surface area (Å²) < 4.78 is 5.20. The van der Waals surface area contributed by atoms with Gasteiger partial charge >= 0.3 is 6.03 Å². The largest absolute Gasteiger partial charge is 0.508 e. The first-order valence-corrected chi connectivity index (χ1v) is 7.16. The average Bonchev–Trinajstić information content (AvgIpc) is 2.82. The summed E-state index contributed by atoms with van der Waals surface area (Å²) in [4.78, 5) is 25.9. The predicted molar refractivity (Wildman–Crippen MR) is 84.9 cm³/mol. The minimum atomic E-state index is -0.877. The van der Waals surface area contributed by atoms with Crippen LogP contribution in [0.3, 0.4) is 0 Å². The van der Waals surface area contributed by atoms with E-state index >= 15 is 0 Å². The van der Waals surface area contributed by atoms with E-state index in [0.29, 0.717) is 16.3 Å². The minimum absolute atomic E-state index is 0.0170. The second-order valence-electron chi connectivity index (χ2n) is 4.97. The molecule has 0 aliphatic carbocycles. The van der Waals surface area contributed by atoms with E-state index in [1.165, 1.54) is 25.3 Å². The number of benzene rings is 2. The summed E-state index contributed by atoms with van der Waals surface area (Å²) in [5.41, 5.74) is 0.761. The van der Waals surface area contributed by atoms with E-state index in [4.69, 9.17) is 16.3 Å². The van der Waals surface area contributed by atoms with Crippen molar-refractivity contribution >= 4 is 29.2 Å². The van der Waals surface area contributed by atoms with Crippen molar-refractivity contribution in [1.82, 2.24) is 5.32 Å². The van der Waals surface area contributed by atoms with Gasteiger partial charge in [0.15, 0.2) is 0 Å². The summed E-state index contributed by atoms with van der Waals surface area (Å²) in [6.07, 6.45) is 0. The first kappa shape index (κ1) is 15.2. The summed E-state index contributed by atoms with van der Waals surface area (Å²) in [6, 6.07) is 9.40. The zero-order valence-corrected chi connectivity index (χ0v) is 12.9. The normalized spacial score (nSPS) is 17.3. The van der Waals surface area contributed by atoms with E-state index in [2.05, 4.69) is 5.32 Å². The molecule has 0 saturated carbocycles.